The Morgan fingerprint density at radius 1 is 1.19 bits per heavy atom. The standard InChI is InChI=1S/C24H26N4O3/c1-31-22-7-5-18(6-8-22)20-9-13-28(16-20)24(30)19-3-2-4-21(15-19)26-23(29)10-12-27-14-11-25-17-27/h2-8,11,14-15,17,20H,9-10,12-13,16H2,1H3,(H,26,29). The van der Waals surface area contributed by atoms with Crippen LogP contribution < -0.4 is 10.1 Å². The van der Waals surface area contributed by atoms with E-state index in [1.807, 2.05) is 27.8 Å². The Balaban J connectivity index is 1.34. The summed E-state index contributed by atoms with van der Waals surface area (Å²) in [5.41, 5.74) is 2.44. The van der Waals surface area contributed by atoms with Gasteiger partial charge in [-0.25, -0.2) is 4.98 Å². The van der Waals surface area contributed by atoms with Gasteiger partial charge in [-0.3, -0.25) is 9.59 Å². The molecule has 31 heavy (non-hydrogen) atoms. The molecule has 2 heterocycles. The smallest absolute Gasteiger partial charge is 0.253 e. The van der Waals surface area contributed by atoms with Crippen LogP contribution in [0.1, 0.15) is 34.7 Å². The molecule has 1 unspecified atom stereocenters. The quantitative estimate of drug-likeness (QED) is 0.637. The van der Waals surface area contributed by atoms with E-state index in [1.54, 1.807) is 43.9 Å². The fourth-order valence-corrected chi connectivity index (χ4v) is 3.88. The third-order valence-electron chi connectivity index (χ3n) is 5.61. The largest absolute Gasteiger partial charge is 0.497 e. The van der Waals surface area contributed by atoms with Crippen LogP contribution in [0.2, 0.25) is 0 Å². The fourth-order valence-electron chi connectivity index (χ4n) is 3.88. The van der Waals surface area contributed by atoms with Crippen molar-refractivity contribution in [3.05, 3.63) is 78.4 Å². The number of amides is 2. The molecule has 0 radical (unpaired) electrons. The van der Waals surface area contributed by atoms with Crippen molar-refractivity contribution in [1.29, 1.82) is 0 Å². The lowest BCUT2D eigenvalue weighted by Crippen LogP contribution is -2.28. The zero-order valence-electron chi connectivity index (χ0n) is 17.5. The van der Waals surface area contributed by atoms with Crippen LogP contribution in [0.25, 0.3) is 0 Å². The molecule has 3 aromatic rings. The summed E-state index contributed by atoms with van der Waals surface area (Å²) in [5.74, 6) is 1.05. The summed E-state index contributed by atoms with van der Waals surface area (Å²) >= 11 is 0. The minimum absolute atomic E-state index is 0.00877. The zero-order valence-corrected chi connectivity index (χ0v) is 17.5. The van der Waals surface area contributed by atoms with Gasteiger partial charge >= 0.3 is 0 Å². The van der Waals surface area contributed by atoms with Gasteiger partial charge in [-0.05, 0) is 42.3 Å². The average molecular weight is 418 g/mol. The van der Waals surface area contributed by atoms with Gasteiger partial charge in [0.15, 0.2) is 0 Å². The maximum Gasteiger partial charge on any atom is 0.253 e. The molecule has 160 valence electrons. The van der Waals surface area contributed by atoms with Crippen LogP contribution in [-0.2, 0) is 11.3 Å². The molecule has 1 saturated heterocycles. The van der Waals surface area contributed by atoms with Gasteiger partial charge in [-0.2, -0.15) is 0 Å². The molecule has 0 spiro atoms. The first-order valence-electron chi connectivity index (χ1n) is 10.4. The molecule has 0 aliphatic carbocycles. The fraction of sp³-hybridized carbons (Fsp3) is 0.292. The highest BCUT2D eigenvalue weighted by molar-refractivity contribution is 5.97. The van der Waals surface area contributed by atoms with Gasteiger partial charge in [-0.15, -0.1) is 0 Å². The highest BCUT2D eigenvalue weighted by Crippen LogP contribution is 2.29. The SMILES string of the molecule is COc1ccc(C2CCN(C(=O)c3cccc(NC(=O)CCn4ccnc4)c3)C2)cc1. The van der Waals surface area contributed by atoms with Crippen molar-refractivity contribution in [1.82, 2.24) is 14.5 Å². The topological polar surface area (TPSA) is 76.5 Å². The van der Waals surface area contributed by atoms with Crippen LogP contribution in [0.4, 0.5) is 5.69 Å². The van der Waals surface area contributed by atoms with Crippen LogP contribution in [0.5, 0.6) is 5.75 Å². The van der Waals surface area contributed by atoms with E-state index in [-0.39, 0.29) is 11.8 Å². The van der Waals surface area contributed by atoms with E-state index in [4.69, 9.17) is 4.74 Å². The predicted octanol–water partition coefficient (Wildman–Crippen LogP) is 3.55. The number of carbonyl (C=O) groups excluding carboxylic acids is 2. The summed E-state index contributed by atoms with van der Waals surface area (Å²) in [4.78, 5) is 31.1. The average Bonchev–Trinajstić information content (AvgIpc) is 3.50. The molecule has 7 nitrogen and oxygen atoms in total. The van der Waals surface area contributed by atoms with Crippen molar-refractivity contribution >= 4 is 17.5 Å². The van der Waals surface area contributed by atoms with E-state index in [1.165, 1.54) is 5.56 Å². The Hall–Kier alpha value is -3.61. The summed E-state index contributed by atoms with van der Waals surface area (Å²) in [7, 11) is 1.65. The van der Waals surface area contributed by atoms with E-state index in [2.05, 4.69) is 22.4 Å². The number of methoxy groups -OCH3 is 1. The van der Waals surface area contributed by atoms with Crippen LogP contribution >= 0.6 is 0 Å². The molecule has 2 aromatic carbocycles. The number of aromatic nitrogens is 2. The number of likely N-dealkylation sites (tertiary alicyclic amines) is 1. The molecular weight excluding hydrogens is 392 g/mol. The number of nitrogens with one attached hydrogen (secondary N) is 1. The van der Waals surface area contributed by atoms with E-state index >= 15 is 0 Å². The van der Waals surface area contributed by atoms with E-state index in [0.29, 0.717) is 36.7 Å². The molecule has 1 aliphatic heterocycles. The molecule has 0 saturated carbocycles. The molecule has 4 rings (SSSR count). The number of aryl methyl sites for hydroxylation is 1. The van der Waals surface area contributed by atoms with Gasteiger partial charge in [-0.1, -0.05) is 18.2 Å². The van der Waals surface area contributed by atoms with Crippen molar-refractivity contribution in [2.75, 3.05) is 25.5 Å². The maximum absolute atomic E-state index is 13.0. The van der Waals surface area contributed by atoms with Crippen LogP contribution in [0, 0.1) is 0 Å². The lowest BCUT2D eigenvalue weighted by molar-refractivity contribution is -0.116. The predicted molar refractivity (Wildman–Crippen MR) is 118 cm³/mol. The third kappa shape index (κ3) is 5.12. The molecule has 1 N–H and O–H groups in total. The first-order chi connectivity index (χ1) is 15.1. The number of anilines is 1. The molecule has 1 fully saturated rings. The van der Waals surface area contributed by atoms with Crippen molar-refractivity contribution in [2.24, 2.45) is 0 Å². The maximum atomic E-state index is 13.0. The van der Waals surface area contributed by atoms with Gasteiger partial charge in [0.05, 0.1) is 13.4 Å². The summed E-state index contributed by atoms with van der Waals surface area (Å²) in [6, 6.07) is 15.2. The first kappa shape index (κ1) is 20.7. The molecule has 1 aromatic heterocycles. The molecule has 1 atom stereocenters. The number of benzene rings is 2. The van der Waals surface area contributed by atoms with Gasteiger partial charge in [0.1, 0.15) is 5.75 Å². The van der Waals surface area contributed by atoms with Gasteiger partial charge in [0.25, 0.3) is 5.91 Å². The van der Waals surface area contributed by atoms with Crippen LogP contribution in [0.3, 0.4) is 0 Å². The molecular formula is C24H26N4O3. The van der Waals surface area contributed by atoms with E-state index in [9.17, 15) is 9.59 Å². The monoisotopic (exact) mass is 418 g/mol. The molecule has 7 heteroatoms. The van der Waals surface area contributed by atoms with Gasteiger partial charge in [0.2, 0.25) is 5.91 Å². The Morgan fingerprint density at radius 2 is 2.03 bits per heavy atom. The van der Waals surface area contributed by atoms with E-state index < -0.39 is 0 Å². The lowest BCUT2D eigenvalue weighted by atomic mass is 9.98. The third-order valence-corrected chi connectivity index (χ3v) is 5.61. The van der Waals surface area contributed by atoms with Gasteiger partial charge < -0.3 is 19.5 Å². The number of carbonyl (C=O) groups is 2. The molecule has 0 bridgehead atoms. The number of ether oxygens (including phenoxy) is 1. The second-order valence-electron chi connectivity index (χ2n) is 7.69. The molecule has 1 aliphatic rings. The highest BCUT2D eigenvalue weighted by Gasteiger charge is 2.28. The summed E-state index contributed by atoms with van der Waals surface area (Å²) in [5, 5.41) is 2.88. The first-order valence-corrected chi connectivity index (χ1v) is 10.4. The van der Waals surface area contributed by atoms with Crippen molar-refractivity contribution < 1.29 is 14.3 Å². The summed E-state index contributed by atoms with van der Waals surface area (Å²) in [6.07, 6.45) is 6.46. The second kappa shape index (κ2) is 9.47. The Kier molecular flexibility index (Phi) is 6.31. The number of hydrogen-bond donors (Lipinski definition) is 1. The Bertz CT molecular complexity index is 1030. The van der Waals surface area contributed by atoms with Crippen molar-refractivity contribution in [3.8, 4) is 5.75 Å². The lowest BCUT2D eigenvalue weighted by Gasteiger charge is -2.17. The number of imidazole rings is 1. The van der Waals surface area contributed by atoms with Crippen LogP contribution in [0.15, 0.2) is 67.3 Å². The highest BCUT2D eigenvalue weighted by atomic mass is 16.5. The zero-order chi connectivity index (χ0) is 21.6. The minimum atomic E-state index is -0.0981. The Labute approximate surface area is 181 Å². The van der Waals surface area contributed by atoms with Crippen LogP contribution in [-0.4, -0.2) is 46.5 Å². The number of hydrogen-bond acceptors (Lipinski definition) is 4. The number of rotatable bonds is 7. The summed E-state index contributed by atoms with van der Waals surface area (Å²) in [6.45, 7) is 1.97. The minimum Gasteiger partial charge on any atom is -0.497 e. The van der Waals surface area contributed by atoms with Crippen molar-refractivity contribution in [2.45, 2.75) is 25.3 Å². The second-order valence-corrected chi connectivity index (χ2v) is 7.69. The van der Waals surface area contributed by atoms with Gasteiger partial charge in [0, 0.05) is 55.6 Å². The number of nitrogens with zero attached hydrogens (tertiary/aromatic N) is 3. The normalized spacial score (nSPS) is 15.6. The Morgan fingerprint density at radius 3 is 2.77 bits per heavy atom. The summed E-state index contributed by atoms with van der Waals surface area (Å²) < 4.78 is 7.08. The van der Waals surface area contributed by atoms with E-state index in [0.717, 1.165) is 18.7 Å². The molecule has 2 amide bonds. The van der Waals surface area contributed by atoms with Crippen molar-refractivity contribution in [3.63, 3.8) is 0 Å².